The third-order valence-corrected chi connectivity index (χ3v) is 5.38. The molecule has 0 aromatic carbocycles. The first-order chi connectivity index (χ1) is 12.3. The van der Waals surface area contributed by atoms with Gasteiger partial charge in [-0.15, -0.1) is 0 Å². The summed E-state index contributed by atoms with van der Waals surface area (Å²) in [5, 5.41) is 13.9. The predicted molar refractivity (Wildman–Crippen MR) is 99.7 cm³/mol. The van der Waals surface area contributed by atoms with E-state index in [9.17, 15) is 9.90 Å². The molecule has 1 aromatic heterocycles. The van der Waals surface area contributed by atoms with Crippen LogP contribution in [-0.4, -0.2) is 51.9 Å². The fourth-order valence-electron chi connectivity index (χ4n) is 4.05. The number of carbonyl (C=O) groups is 1. The van der Waals surface area contributed by atoms with Crippen LogP contribution in [0, 0.1) is 0 Å². The van der Waals surface area contributed by atoms with Gasteiger partial charge in [0.15, 0.2) is 0 Å². The minimum atomic E-state index is -0.800. The minimum absolute atomic E-state index is 0.140. The van der Waals surface area contributed by atoms with Crippen molar-refractivity contribution >= 4 is 6.09 Å². The van der Waals surface area contributed by atoms with Crippen molar-refractivity contribution in [1.29, 1.82) is 0 Å². The van der Waals surface area contributed by atoms with Crippen LogP contribution in [0.3, 0.4) is 0 Å². The van der Waals surface area contributed by atoms with Gasteiger partial charge in [0.05, 0.1) is 5.69 Å². The van der Waals surface area contributed by atoms with E-state index in [1.54, 1.807) is 6.20 Å². The molecule has 2 aliphatic rings. The van der Waals surface area contributed by atoms with E-state index in [0.717, 1.165) is 50.9 Å². The second-order valence-corrected chi connectivity index (χ2v) is 8.60. The number of pyridine rings is 1. The summed E-state index contributed by atoms with van der Waals surface area (Å²) in [7, 11) is 0. The second kappa shape index (κ2) is 7.53. The second-order valence-electron chi connectivity index (χ2n) is 8.60. The molecule has 2 fully saturated rings. The molecule has 3 rings (SSSR count). The Morgan fingerprint density at radius 2 is 2.04 bits per heavy atom. The van der Waals surface area contributed by atoms with E-state index >= 15 is 0 Å². The smallest absolute Gasteiger partial charge is 0.407 e. The number of aromatic nitrogens is 1. The van der Waals surface area contributed by atoms with Gasteiger partial charge >= 0.3 is 6.09 Å². The van der Waals surface area contributed by atoms with E-state index < -0.39 is 11.2 Å². The molecule has 2 heterocycles. The summed E-state index contributed by atoms with van der Waals surface area (Å²) in [5.41, 5.74) is -0.489. The fraction of sp³-hybridized carbons (Fsp3) is 0.700. The van der Waals surface area contributed by atoms with Gasteiger partial charge in [0.1, 0.15) is 11.2 Å². The van der Waals surface area contributed by atoms with E-state index in [1.807, 2.05) is 39.0 Å². The summed E-state index contributed by atoms with van der Waals surface area (Å²) >= 11 is 0. The van der Waals surface area contributed by atoms with E-state index in [-0.39, 0.29) is 12.1 Å². The Balaban J connectivity index is 1.48. The molecule has 1 amide bonds. The first kappa shape index (κ1) is 19.1. The van der Waals surface area contributed by atoms with Crippen LogP contribution in [0.1, 0.15) is 58.6 Å². The van der Waals surface area contributed by atoms with E-state index in [0.29, 0.717) is 6.04 Å². The third-order valence-electron chi connectivity index (χ3n) is 5.38. The first-order valence-electron chi connectivity index (χ1n) is 9.63. The topological polar surface area (TPSA) is 74.7 Å². The lowest BCUT2D eigenvalue weighted by atomic mass is 9.79. The van der Waals surface area contributed by atoms with Gasteiger partial charge in [-0.25, -0.2) is 4.79 Å². The lowest BCUT2D eigenvalue weighted by Gasteiger charge is -2.39. The van der Waals surface area contributed by atoms with Crippen molar-refractivity contribution in [1.82, 2.24) is 15.2 Å². The summed E-state index contributed by atoms with van der Waals surface area (Å²) in [6.45, 7) is 7.45. The Kier molecular flexibility index (Phi) is 5.53. The zero-order valence-corrected chi connectivity index (χ0v) is 16.1. The Hall–Kier alpha value is -1.66. The van der Waals surface area contributed by atoms with E-state index in [1.165, 1.54) is 0 Å². The van der Waals surface area contributed by atoms with Gasteiger partial charge in [-0.3, -0.25) is 9.88 Å². The highest BCUT2D eigenvalue weighted by Crippen LogP contribution is 2.38. The quantitative estimate of drug-likeness (QED) is 0.866. The Morgan fingerprint density at radius 1 is 1.31 bits per heavy atom. The number of likely N-dealkylation sites (tertiary alicyclic amines) is 1. The first-order valence-corrected chi connectivity index (χ1v) is 9.63. The lowest BCUT2D eigenvalue weighted by molar-refractivity contribution is -0.0257. The van der Waals surface area contributed by atoms with Crippen molar-refractivity contribution in [2.75, 3.05) is 13.1 Å². The van der Waals surface area contributed by atoms with Crippen molar-refractivity contribution < 1.29 is 14.6 Å². The Labute approximate surface area is 155 Å². The maximum atomic E-state index is 11.9. The molecular weight excluding hydrogens is 330 g/mol. The molecule has 26 heavy (non-hydrogen) atoms. The van der Waals surface area contributed by atoms with E-state index in [4.69, 9.17) is 4.74 Å². The zero-order chi connectivity index (χ0) is 18.8. The van der Waals surface area contributed by atoms with Gasteiger partial charge < -0.3 is 15.2 Å². The molecule has 0 radical (unpaired) electrons. The number of nitrogens with zero attached hydrogens (tertiary/aromatic N) is 2. The normalized spacial score (nSPS) is 30.2. The number of nitrogens with one attached hydrogen (secondary N) is 1. The summed E-state index contributed by atoms with van der Waals surface area (Å²) in [5.74, 6) is 0. The molecule has 0 bridgehead atoms. The van der Waals surface area contributed by atoms with Crippen LogP contribution in [0.15, 0.2) is 24.4 Å². The van der Waals surface area contributed by atoms with Gasteiger partial charge in [-0.05, 0) is 65.0 Å². The molecular formula is C20H31N3O3. The maximum absolute atomic E-state index is 11.9. The van der Waals surface area contributed by atoms with Gasteiger partial charge in [0.25, 0.3) is 0 Å². The van der Waals surface area contributed by atoms with Crippen LogP contribution in [0.5, 0.6) is 0 Å². The fourth-order valence-corrected chi connectivity index (χ4v) is 4.05. The van der Waals surface area contributed by atoms with Gasteiger partial charge in [0, 0.05) is 31.4 Å². The molecule has 1 atom stereocenters. The summed E-state index contributed by atoms with van der Waals surface area (Å²) < 4.78 is 5.35. The predicted octanol–water partition coefficient (Wildman–Crippen LogP) is 2.81. The molecule has 1 saturated heterocycles. The number of hydrogen-bond donors (Lipinski definition) is 2. The monoisotopic (exact) mass is 361 g/mol. The Bertz CT molecular complexity index is 606. The molecule has 1 aliphatic carbocycles. The number of aliphatic hydroxyl groups is 1. The number of amides is 1. The van der Waals surface area contributed by atoms with Crippen LogP contribution in [0.2, 0.25) is 0 Å². The number of rotatable bonds is 3. The van der Waals surface area contributed by atoms with Crippen molar-refractivity contribution in [2.24, 2.45) is 0 Å². The molecule has 0 spiro atoms. The van der Waals surface area contributed by atoms with Crippen molar-refractivity contribution in [3.8, 4) is 0 Å². The number of hydrogen-bond acceptors (Lipinski definition) is 5. The molecule has 2 N–H and O–H groups in total. The van der Waals surface area contributed by atoms with Gasteiger partial charge in [-0.2, -0.15) is 0 Å². The average Bonchev–Trinajstić information content (AvgIpc) is 3.03. The van der Waals surface area contributed by atoms with Crippen LogP contribution < -0.4 is 5.32 Å². The average molecular weight is 361 g/mol. The minimum Gasteiger partial charge on any atom is -0.444 e. The van der Waals surface area contributed by atoms with Crippen LogP contribution in [-0.2, 0) is 10.3 Å². The van der Waals surface area contributed by atoms with Gasteiger partial charge in [-0.1, -0.05) is 6.07 Å². The summed E-state index contributed by atoms with van der Waals surface area (Å²) in [6, 6.07) is 6.32. The SMILES string of the molecule is CC(C)(C)OC(=O)NC1CCN(C2CCC(O)(c3ccccn3)CC2)C1. The van der Waals surface area contributed by atoms with E-state index in [2.05, 4.69) is 15.2 Å². The largest absolute Gasteiger partial charge is 0.444 e. The number of ether oxygens (including phenoxy) is 1. The standard InChI is InChI=1S/C20H31N3O3/c1-19(2,3)26-18(24)22-15-9-13-23(14-15)16-7-10-20(25,11-8-16)17-6-4-5-12-21-17/h4-6,12,15-16,25H,7-11,13-14H2,1-3H3,(H,22,24). The molecule has 1 unspecified atom stereocenters. The highest BCUT2D eigenvalue weighted by atomic mass is 16.6. The third kappa shape index (κ3) is 4.74. The van der Waals surface area contributed by atoms with Gasteiger partial charge in [0.2, 0.25) is 0 Å². The highest BCUT2D eigenvalue weighted by Gasteiger charge is 2.39. The van der Waals surface area contributed by atoms with Crippen molar-refractivity contribution in [2.45, 2.75) is 76.2 Å². The lowest BCUT2D eigenvalue weighted by Crippen LogP contribution is -2.44. The summed E-state index contributed by atoms with van der Waals surface area (Å²) in [6.07, 6.45) is 5.72. The van der Waals surface area contributed by atoms with Crippen LogP contribution in [0.4, 0.5) is 4.79 Å². The molecule has 1 aromatic rings. The van der Waals surface area contributed by atoms with Crippen molar-refractivity contribution in [3.63, 3.8) is 0 Å². The summed E-state index contributed by atoms with van der Waals surface area (Å²) in [4.78, 5) is 18.7. The number of alkyl carbamates (subject to hydrolysis) is 1. The molecule has 6 nitrogen and oxygen atoms in total. The van der Waals surface area contributed by atoms with Crippen LogP contribution in [0.25, 0.3) is 0 Å². The molecule has 1 saturated carbocycles. The molecule has 144 valence electrons. The molecule has 6 heteroatoms. The Morgan fingerprint density at radius 3 is 2.65 bits per heavy atom. The van der Waals surface area contributed by atoms with Crippen molar-refractivity contribution in [3.05, 3.63) is 30.1 Å². The van der Waals surface area contributed by atoms with Crippen LogP contribution >= 0.6 is 0 Å². The number of carbonyl (C=O) groups excluding carboxylic acids is 1. The highest BCUT2D eigenvalue weighted by molar-refractivity contribution is 5.68. The molecule has 1 aliphatic heterocycles. The zero-order valence-electron chi connectivity index (χ0n) is 16.1. The maximum Gasteiger partial charge on any atom is 0.407 e.